The molecule has 0 radical (unpaired) electrons. The van der Waals surface area contributed by atoms with Crippen LogP contribution in [0.25, 0.3) is 21.8 Å². The van der Waals surface area contributed by atoms with Crippen LogP contribution >= 0.6 is 0 Å². The van der Waals surface area contributed by atoms with Crippen LogP contribution in [0, 0.1) is 0 Å². The smallest absolute Gasteiger partial charge is 0.116 e. The van der Waals surface area contributed by atoms with Gasteiger partial charge in [-0.1, -0.05) is 48.5 Å². The van der Waals surface area contributed by atoms with Crippen LogP contribution in [-0.4, -0.2) is 46.4 Å². The summed E-state index contributed by atoms with van der Waals surface area (Å²) < 4.78 is 0. The minimum atomic E-state index is 0.297. The van der Waals surface area contributed by atoms with E-state index in [0.29, 0.717) is 31.1 Å². The van der Waals surface area contributed by atoms with E-state index in [2.05, 4.69) is 52.5 Å². The average molecular weight is 595 g/mol. The lowest BCUT2D eigenvalue weighted by molar-refractivity contribution is 0.475. The summed E-state index contributed by atoms with van der Waals surface area (Å²) in [6, 6.07) is 30.9. The monoisotopic (exact) mass is 594 g/mol. The molecule has 8 nitrogen and oxygen atoms in total. The molecule has 0 unspecified atom stereocenters. The summed E-state index contributed by atoms with van der Waals surface area (Å²) in [5.41, 5.74) is 23.4. The molecule has 0 saturated carbocycles. The second-order valence-corrected chi connectivity index (χ2v) is 10.1. The molecule has 6 aromatic rings. The predicted octanol–water partition coefficient (Wildman–Crippen LogP) is 6.06. The Morgan fingerprint density at radius 1 is 0.591 bits per heavy atom. The number of phenols is 2. The maximum absolute atomic E-state index is 9.30. The zero-order chi connectivity index (χ0) is 31.6. The lowest BCUT2D eigenvalue weighted by Gasteiger charge is -1.99. The maximum atomic E-state index is 9.30. The fraction of sp³-hybridized carbons (Fsp3) is 0.222. The van der Waals surface area contributed by atoms with Crippen LogP contribution in [0.15, 0.2) is 109 Å². The number of hydrogen-bond donors (Lipinski definition) is 8. The molecule has 0 amide bonds. The van der Waals surface area contributed by atoms with E-state index in [1.165, 1.54) is 27.7 Å². The summed E-state index contributed by atoms with van der Waals surface area (Å²) in [5.74, 6) is 0.603. The molecule has 0 aliphatic heterocycles. The van der Waals surface area contributed by atoms with Gasteiger partial charge in [0.25, 0.3) is 0 Å². The molecule has 0 bridgehead atoms. The average Bonchev–Trinajstić information content (AvgIpc) is 3.64. The second-order valence-electron chi connectivity index (χ2n) is 10.1. The third-order valence-electron chi connectivity index (χ3n) is 6.78. The molecule has 232 valence electrons. The molecule has 2 heterocycles. The summed E-state index contributed by atoms with van der Waals surface area (Å²) in [6.45, 7) is 5.08. The normalized spacial score (nSPS) is 10.2. The van der Waals surface area contributed by atoms with Crippen LogP contribution in [0.4, 0.5) is 5.69 Å². The van der Waals surface area contributed by atoms with Crippen LogP contribution in [0.3, 0.4) is 0 Å². The minimum Gasteiger partial charge on any atom is -0.508 e. The number of nitrogens with two attached hydrogens (primary N) is 3. The van der Waals surface area contributed by atoms with Gasteiger partial charge in [-0.05, 0) is 111 Å². The molecule has 2 aromatic heterocycles. The Balaban J connectivity index is 0.000000162. The highest BCUT2D eigenvalue weighted by molar-refractivity contribution is 5.84. The van der Waals surface area contributed by atoms with Crippen molar-refractivity contribution in [1.82, 2.24) is 9.97 Å². The van der Waals surface area contributed by atoms with Crippen molar-refractivity contribution in [3.63, 3.8) is 0 Å². The Hall–Kier alpha value is -4.76. The van der Waals surface area contributed by atoms with E-state index >= 15 is 0 Å². The van der Waals surface area contributed by atoms with Crippen LogP contribution < -0.4 is 22.5 Å². The molecule has 11 N–H and O–H groups in total. The molecule has 6 rings (SSSR count). The van der Waals surface area contributed by atoms with Gasteiger partial charge in [-0.15, -0.1) is 0 Å². The summed E-state index contributed by atoms with van der Waals surface area (Å²) in [7, 11) is 0. The number of anilines is 1. The fourth-order valence-electron chi connectivity index (χ4n) is 4.61. The van der Waals surface area contributed by atoms with Crippen molar-refractivity contribution in [2.45, 2.75) is 26.2 Å². The summed E-state index contributed by atoms with van der Waals surface area (Å²) in [4.78, 5) is 6.35. The Labute approximate surface area is 259 Å². The first-order valence-corrected chi connectivity index (χ1v) is 15.0. The number of fused-ring (bicyclic) bond motifs is 2. The van der Waals surface area contributed by atoms with Gasteiger partial charge in [-0.2, -0.15) is 0 Å². The van der Waals surface area contributed by atoms with E-state index in [4.69, 9.17) is 22.3 Å². The van der Waals surface area contributed by atoms with Crippen molar-refractivity contribution in [2.24, 2.45) is 17.2 Å². The highest BCUT2D eigenvalue weighted by atomic mass is 16.3. The number of hydrogen-bond acceptors (Lipinski definition) is 6. The van der Waals surface area contributed by atoms with E-state index in [1.807, 2.05) is 54.9 Å². The number of benzene rings is 4. The fourth-order valence-corrected chi connectivity index (χ4v) is 4.61. The molecule has 0 aliphatic carbocycles. The van der Waals surface area contributed by atoms with Crippen molar-refractivity contribution < 1.29 is 10.2 Å². The van der Waals surface area contributed by atoms with E-state index in [9.17, 15) is 5.11 Å². The van der Waals surface area contributed by atoms with E-state index in [-0.39, 0.29) is 0 Å². The molecule has 0 saturated heterocycles. The molecule has 4 aromatic carbocycles. The molecular formula is C36H46N6O2. The number of aromatic amines is 2. The number of H-pyrrole nitrogens is 2. The van der Waals surface area contributed by atoms with Crippen molar-refractivity contribution in [3.8, 4) is 11.5 Å². The topological polar surface area (TPSA) is 162 Å². The number of nitrogens with one attached hydrogen (secondary N) is 3. The number of phenolic OH excluding ortho intramolecular Hbond substituents is 2. The van der Waals surface area contributed by atoms with Crippen molar-refractivity contribution in [2.75, 3.05) is 31.5 Å². The number of para-hydroxylation sites is 2. The Morgan fingerprint density at radius 3 is 1.75 bits per heavy atom. The maximum Gasteiger partial charge on any atom is 0.116 e. The Morgan fingerprint density at radius 2 is 1.14 bits per heavy atom. The number of aromatic hydroxyl groups is 2. The first kappa shape index (κ1) is 33.7. The number of rotatable bonds is 8. The molecule has 0 aliphatic rings. The molecule has 0 fully saturated rings. The zero-order valence-electron chi connectivity index (χ0n) is 25.5. The predicted molar refractivity (Wildman–Crippen MR) is 185 cm³/mol. The molecule has 44 heavy (non-hydrogen) atoms. The zero-order valence-corrected chi connectivity index (χ0v) is 25.5. The molecule has 0 atom stereocenters. The van der Waals surface area contributed by atoms with Crippen molar-refractivity contribution >= 4 is 27.5 Å². The lowest BCUT2D eigenvalue weighted by Crippen LogP contribution is -2.01. The van der Waals surface area contributed by atoms with Crippen molar-refractivity contribution in [1.29, 1.82) is 0 Å². The highest BCUT2D eigenvalue weighted by Crippen LogP contribution is 2.23. The van der Waals surface area contributed by atoms with E-state index < -0.39 is 0 Å². The third-order valence-corrected chi connectivity index (χ3v) is 6.78. The van der Waals surface area contributed by atoms with Crippen molar-refractivity contribution in [3.05, 3.63) is 126 Å². The Kier molecular flexibility index (Phi) is 14.3. The van der Waals surface area contributed by atoms with E-state index in [1.54, 1.807) is 24.3 Å². The van der Waals surface area contributed by atoms with Gasteiger partial charge in [0.05, 0.1) is 0 Å². The summed E-state index contributed by atoms with van der Waals surface area (Å²) in [6.07, 6.45) is 6.64. The van der Waals surface area contributed by atoms with Crippen LogP contribution in [0.2, 0.25) is 0 Å². The van der Waals surface area contributed by atoms with Gasteiger partial charge < -0.3 is 42.7 Å². The van der Waals surface area contributed by atoms with Gasteiger partial charge in [0.15, 0.2) is 0 Å². The Bertz CT molecular complexity index is 1630. The standard InChI is InChI=1S/C10H12N2O.C10H12N2.C8H11NO.C8H11N/c11-4-3-7-6-12-10-2-1-8(13)5-9(7)10;11-6-5-8-7-12-10-4-2-1-3-9(8)10;9-6-5-7-1-3-8(10)4-2-7;1-2-9-8-6-4-3-5-7-8/h1-2,5-6,12-13H,3-4,11H2;1-4,7,12H,5-6,11H2;1-4,10H,5-6,9H2;3-7,9H,2H2,1H3. The third kappa shape index (κ3) is 10.8. The van der Waals surface area contributed by atoms with Gasteiger partial charge in [0, 0.05) is 46.4 Å². The first-order chi connectivity index (χ1) is 21.5. The second kappa shape index (κ2) is 18.7. The number of aromatic nitrogens is 2. The van der Waals surface area contributed by atoms with Crippen LogP contribution in [0.5, 0.6) is 11.5 Å². The van der Waals surface area contributed by atoms with Crippen LogP contribution in [0.1, 0.15) is 23.6 Å². The lowest BCUT2D eigenvalue weighted by atomic mass is 10.1. The van der Waals surface area contributed by atoms with Gasteiger partial charge in [0.1, 0.15) is 11.5 Å². The van der Waals surface area contributed by atoms with Crippen LogP contribution in [-0.2, 0) is 19.3 Å². The van der Waals surface area contributed by atoms with Gasteiger partial charge in [-0.25, -0.2) is 0 Å². The molecule has 0 spiro atoms. The first-order valence-electron chi connectivity index (χ1n) is 15.0. The molecule has 8 heteroatoms. The van der Waals surface area contributed by atoms with Gasteiger partial charge in [-0.3, -0.25) is 0 Å². The summed E-state index contributed by atoms with van der Waals surface area (Å²) in [5, 5.41) is 23.8. The van der Waals surface area contributed by atoms with E-state index in [0.717, 1.165) is 42.3 Å². The quantitative estimate of drug-likeness (QED) is 0.107. The minimum absolute atomic E-state index is 0.297. The molecular weight excluding hydrogens is 548 g/mol. The SMILES string of the molecule is CCNc1ccccc1.NCCc1c[nH]c2ccc(O)cc12.NCCc1c[nH]c2ccccc12.NCCc1ccc(O)cc1. The van der Waals surface area contributed by atoms with Gasteiger partial charge >= 0.3 is 0 Å². The largest absolute Gasteiger partial charge is 0.508 e. The highest BCUT2D eigenvalue weighted by Gasteiger charge is 2.03. The summed E-state index contributed by atoms with van der Waals surface area (Å²) >= 11 is 0. The van der Waals surface area contributed by atoms with Gasteiger partial charge in [0.2, 0.25) is 0 Å².